The Balaban J connectivity index is 2.90. The summed E-state index contributed by atoms with van der Waals surface area (Å²) in [5.41, 5.74) is 0.821. The van der Waals surface area contributed by atoms with Gasteiger partial charge in [-0.05, 0) is 32.0 Å². The number of halogens is 1. The number of benzene rings is 1. The van der Waals surface area contributed by atoms with Crippen LogP contribution >= 0.6 is 11.6 Å². The van der Waals surface area contributed by atoms with Crippen molar-refractivity contribution in [2.45, 2.75) is 33.2 Å². The summed E-state index contributed by atoms with van der Waals surface area (Å²) in [6.07, 6.45) is 2.19. The number of aromatic hydroxyl groups is 1. The van der Waals surface area contributed by atoms with Crippen LogP contribution in [-0.4, -0.2) is 30.2 Å². The van der Waals surface area contributed by atoms with Crippen LogP contribution in [0.4, 0.5) is 0 Å². The van der Waals surface area contributed by atoms with Gasteiger partial charge in [0.25, 0.3) is 0 Å². The Kier molecular flexibility index (Phi) is 6.30. The maximum absolute atomic E-state index is 10.1. The summed E-state index contributed by atoms with van der Waals surface area (Å²) in [5.74, 6) is 0.629. The van der Waals surface area contributed by atoms with Crippen LogP contribution in [-0.2, 0) is 6.54 Å². The van der Waals surface area contributed by atoms with Crippen molar-refractivity contribution in [1.82, 2.24) is 4.90 Å². The molecule has 0 aliphatic carbocycles. The molecule has 3 nitrogen and oxygen atoms in total. The lowest BCUT2D eigenvalue weighted by atomic mass is 10.1. The van der Waals surface area contributed by atoms with E-state index < -0.39 is 0 Å². The van der Waals surface area contributed by atoms with Gasteiger partial charge in [0.05, 0.1) is 7.11 Å². The maximum Gasteiger partial charge on any atom is 0.162 e. The van der Waals surface area contributed by atoms with Crippen LogP contribution in [0.2, 0.25) is 5.02 Å². The normalized spacial score (nSPS) is 10.9. The minimum atomic E-state index is 0.194. The first-order valence-electron chi connectivity index (χ1n) is 6.40. The highest BCUT2D eigenvalue weighted by Gasteiger charge is 2.13. The summed E-state index contributed by atoms with van der Waals surface area (Å²) < 4.78 is 5.12. The first kappa shape index (κ1) is 15.1. The zero-order valence-corrected chi connectivity index (χ0v) is 12.1. The molecule has 1 aromatic rings. The molecule has 1 aromatic carbocycles. The number of hydrogen-bond acceptors (Lipinski definition) is 3. The van der Waals surface area contributed by atoms with Gasteiger partial charge >= 0.3 is 0 Å². The second-order valence-corrected chi connectivity index (χ2v) is 4.83. The van der Waals surface area contributed by atoms with E-state index in [1.165, 1.54) is 7.11 Å². The number of rotatable bonds is 7. The van der Waals surface area contributed by atoms with Crippen molar-refractivity contribution in [1.29, 1.82) is 0 Å². The van der Waals surface area contributed by atoms with Crippen LogP contribution in [0.1, 0.15) is 32.3 Å². The molecule has 0 amide bonds. The van der Waals surface area contributed by atoms with E-state index in [1.54, 1.807) is 12.1 Å². The van der Waals surface area contributed by atoms with E-state index in [9.17, 15) is 5.11 Å². The molecule has 0 spiro atoms. The summed E-state index contributed by atoms with van der Waals surface area (Å²) in [7, 11) is 1.53. The molecule has 4 heteroatoms. The molecule has 18 heavy (non-hydrogen) atoms. The average molecular weight is 272 g/mol. The van der Waals surface area contributed by atoms with Crippen LogP contribution in [0.3, 0.4) is 0 Å². The van der Waals surface area contributed by atoms with Crippen LogP contribution in [0, 0.1) is 0 Å². The lowest BCUT2D eigenvalue weighted by Gasteiger charge is -2.22. The van der Waals surface area contributed by atoms with Crippen LogP contribution in [0.5, 0.6) is 11.5 Å². The molecule has 102 valence electrons. The number of ether oxygens (including phenoxy) is 1. The van der Waals surface area contributed by atoms with Crippen molar-refractivity contribution in [3.63, 3.8) is 0 Å². The van der Waals surface area contributed by atoms with Crippen molar-refractivity contribution in [2.24, 2.45) is 0 Å². The largest absolute Gasteiger partial charge is 0.504 e. The number of methoxy groups -OCH3 is 1. The number of phenolic OH excluding ortho intramolecular Hbond substituents is 1. The highest BCUT2D eigenvalue weighted by molar-refractivity contribution is 6.30. The predicted molar refractivity (Wildman–Crippen MR) is 75.5 cm³/mol. The Morgan fingerprint density at radius 3 is 2.33 bits per heavy atom. The fraction of sp³-hybridized carbons (Fsp3) is 0.571. The molecule has 0 aromatic heterocycles. The second kappa shape index (κ2) is 7.49. The Bertz CT molecular complexity index is 376. The van der Waals surface area contributed by atoms with Gasteiger partial charge in [0.15, 0.2) is 11.5 Å². The molecule has 0 unspecified atom stereocenters. The summed E-state index contributed by atoms with van der Waals surface area (Å²) in [4.78, 5) is 2.31. The van der Waals surface area contributed by atoms with Gasteiger partial charge in [-0.2, -0.15) is 0 Å². The first-order chi connectivity index (χ1) is 8.62. The van der Waals surface area contributed by atoms with Gasteiger partial charge in [0, 0.05) is 23.2 Å². The molecule has 0 radical (unpaired) electrons. The molecule has 0 aliphatic heterocycles. The third kappa shape index (κ3) is 4.07. The van der Waals surface area contributed by atoms with E-state index in [4.69, 9.17) is 16.3 Å². The molecular weight excluding hydrogens is 250 g/mol. The van der Waals surface area contributed by atoms with Crippen molar-refractivity contribution in [3.8, 4) is 11.5 Å². The minimum absolute atomic E-state index is 0.194. The van der Waals surface area contributed by atoms with Gasteiger partial charge in [-0.15, -0.1) is 0 Å². The Hall–Kier alpha value is -0.930. The Labute approximate surface area is 114 Å². The van der Waals surface area contributed by atoms with Crippen LogP contribution in [0.25, 0.3) is 0 Å². The van der Waals surface area contributed by atoms with E-state index >= 15 is 0 Å². The van der Waals surface area contributed by atoms with Gasteiger partial charge in [-0.3, -0.25) is 4.90 Å². The van der Waals surface area contributed by atoms with Crippen molar-refractivity contribution < 1.29 is 9.84 Å². The number of nitrogens with zero attached hydrogens (tertiary/aromatic N) is 1. The van der Waals surface area contributed by atoms with Gasteiger partial charge in [0.2, 0.25) is 0 Å². The van der Waals surface area contributed by atoms with Crippen LogP contribution < -0.4 is 4.74 Å². The molecule has 1 rings (SSSR count). The molecule has 0 fully saturated rings. The smallest absolute Gasteiger partial charge is 0.162 e. The molecule has 0 bridgehead atoms. The van der Waals surface area contributed by atoms with E-state index in [0.29, 0.717) is 17.3 Å². The maximum atomic E-state index is 10.1. The zero-order valence-electron chi connectivity index (χ0n) is 11.4. The van der Waals surface area contributed by atoms with Crippen molar-refractivity contribution in [2.75, 3.05) is 20.2 Å². The second-order valence-electron chi connectivity index (χ2n) is 4.39. The van der Waals surface area contributed by atoms with Crippen molar-refractivity contribution >= 4 is 11.6 Å². The summed E-state index contributed by atoms with van der Waals surface area (Å²) in [6.45, 7) is 7.04. The molecule has 0 heterocycles. The number of hydrogen-bond donors (Lipinski definition) is 1. The zero-order chi connectivity index (χ0) is 13.5. The standard InChI is InChI=1S/C14H22ClNO2/c1-4-6-16(7-5-2)10-11-8-12(15)9-13(18-3)14(11)17/h8-9,17H,4-7,10H2,1-3H3. The van der Waals surface area contributed by atoms with E-state index in [2.05, 4.69) is 18.7 Å². The lowest BCUT2D eigenvalue weighted by molar-refractivity contribution is 0.261. The van der Waals surface area contributed by atoms with Crippen LogP contribution in [0.15, 0.2) is 12.1 Å². The van der Waals surface area contributed by atoms with E-state index in [1.807, 2.05) is 0 Å². The molecule has 0 saturated carbocycles. The van der Waals surface area contributed by atoms with E-state index in [-0.39, 0.29) is 5.75 Å². The SMILES string of the molecule is CCCN(CCC)Cc1cc(Cl)cc(OC)c1O. The first-order valence-corrected chi connectivity index (χ1v) is 6.77. The van der Waals surface area contributed by atoms with Gasteiger partial charge < -0.3 is 9.84 Å². The average Bonchev–Trinajstić information content (AvgIpc) is 2.34. The predicted octanol–water partition coefficient (Wildman–Crippen LogP) is 3.68. The number of phenols is 1. The fourth-order valence-corrected chi connectivity index (χ4v) is 2.28. The molecule has 0 atom stereocenters. The highest BCUT2D eigenvalue weighted by Crippen LogP contribution is 2.34. The van der Waals surface area contributed by atoms with Gasteiger partial charge in [-0.25, -0.2) is 0 Å². The molecule has 0 saturated heterocycles. The Morgan fingerprint density at radius 1 is 1.22 bits per heavy atom. The van der Waals surface area contributed by atoms with Gasteiger partial charge in [0.1, 0.15) is 0 Å². The minimum Gasteiger partial charge on any atom is -0.504 e. The summed E-state index contributed by atoms with van der Waals surface area (Å²) >= 11 is 6.03. The third-order valence-corrected chi connectivity index (χ3v) is 3.03. The molecular formula is C14H22ClNO2. The molecule has 1 N–H and O–H groups in total. The third-order valence-electron chi connectivity index (χ3n) is 2.81. The monoisotopic (exact) mass is 271 g/mol. The fourth-order valence-electron chi connectivity index (χ4n) is 2.05. The molecule has 0 aliphatic rings. The summed E-state index contributed by atoms with van der Waals surface area (Å²) in [6, 6.07) is 3.43. The summed E-state index contributed by atoms with van der Waals surface area (Å²) in [5, 5.41) is 10.7. The lowest BCUT2D eigenvalue weighted by Crippen LogP contribution is -2.24. The Morgan fingerprint density at radius 2 is 1.83 bits per heavy atom. The van der Waals surface area contributed by atoms with Gasteiger partial charge in [-0.1, -0.05) is 25.4 Å². The quantitative estimate of drug-likeness (QED) is 0.821. The van der Waals surface area contributed by atoms with E-state index in [0.717, 1.165) is 31.5 Å². The highest BCUT2D eigenvalue weighted by atomic mass is 35.5. The topological polar surface area (TPSA) is 32.7 Å². The van der Waals surface area contributed by atoms with Crippen molar-refractivity contribution in [3.05, 3.63) is 22.7 Å².